The molecular weight excluding hydrogens is 288 g/mol. The molecule has 0 saturated carbocycles. The molecule has 0 spiro atoms. The standard InChI is InChI=1S/C20H16O3/c21-15-9-16(22)20(23)14-8-12-5-4-10-2-1-3-11-6-7-13(19(14)15)18(12)17(10)11/h1-8,15-16,20-23H,9H2/t15-,16-,20-/m1/s1. The molecule has 3 heteroatoms. The van der Waals surface area contributed by atoms with Gasteiger partial charge in [0, 0.05) is 6.42 Å². The Morgan fingerprint density at radius 1 is 0.783 bits per heavy atom. The summed E-state index contributed by atoms with van der Waals surface area (Å²) in [4.78, 5) is 0. The summed E-state index contributed by atoms with van der Waals surface area (Å²) in [6.07, 6.45) is -2.47. The smallest absolute Gasteiger partial charge is 0.105 e. The van der Waals surface area contributed by atoms with Crippen LogP contribution in [0.5, 0.6) is 0 Å². The maximum atomic E-state index is 10.5. The first-order valence-electron chi connectivity index (χ1n) is 7.89. The summed E-state index contributed by atoms with van der Waals surface area (Å²) < 4.78 is 0. The Labute approximate surface area is 132 Å². The van der Waals surface area contributed by atoms with Crippen LogP contribution in [0.15, 0.2) is 48.5 Å². The molecule has 0 fully saturated rings. The molecule has 23 heavy (non-hydrogen) atoms. The van der Waals surface area contributed by atoms with Crippen LogP contribution in [0.4, 0.5) is 0 Å². The van der Waals surface area contributed by atoms with Gasteiger partial charge in [-0.25, -0.2) is 0 Å². The summed E-state index contributed by atoms with van der Waals surface area (Å²) >= 11 is 0. The summed E-state index contributed by atoms with van der Waals surface area (Å²) in [5, 5.41) is 37.5. The lowest BCUT2D eigenvalue weighted by molar-refractivity contribution is -0.0280. The molecule has 0 aliphatic heterocycles. The van der Waals surface area contributed by atoms with Gasteiger partial charge in [0.15, 0.2) is 0 Å². The number of fused-ring (bicyclic) bond motifs is 2. The van der Waals surface area contributed by atoms with E-state index in [4.69, 9.17) is 0 Å². The summed E-state index contributed by atoms with van der Waals surface area (Å²) in [5.41, 5.74) is 1.40. The van der Waals surface area contributed by atoms with E-state index in [2.05, 4.69) is 24.3 Å². The van der Waals surface area contributed by atoms with Gasteiger partial charge in [-0.15, -0.1) is 0 Å². The molecule has 3 N–H and O–H groups in total. The molecule has 1 aliphatic carbocycles. The largest absolute Gasteiger partial charge is 0.390 e. The third-order valence-electron chi connectivity index (χ3n) is 5.20. The normalized spacial score (nSPS) is 24.6. The van der Waals surface area contributed by atoms with E-state index in [0.29, 0.717) is 5.56 Å². The second-order valence-corrected chi connectivity index (χ2v) is 6.50. The molecule has 0 radical (unpaired) electrons. The molecule has 0 amide bonds. The molecule has 114 valence electrons. The Morgan fingerprint density at radius 3 is 2.26 bits per heavy atom. The monoisotopic (exact) mass is 304 g/mol. The van der Waals surface area contributed by atoms with Crippen LogP contribution in [-0.2, 0) is 0 Å². The van der Waals surface area contributed by atoms with Crippen molar-refractivity contribution in [2.24, 2.45) is 0 Å². The van der Waals surface area contributed by atoms with E-state index in [-0.39, 0.29) is 6.42 Å². The van der Waals surface area contributed by atoms with Gasteiger partial charge in [-0.3, -0.25) is 0 Å². The van der Waals surface area contributed by atoms with Crippen molar-refractivity contribution in [2.75, 3.05) is 0 Å². The third-order valence-corrected chi connectivity index (χ3v) is 5.20. The molecule has 5 rings (SSSR count). The van der Waals surface area contributed by atoms with Crippen LogP contribution in [0.25, 0.3) is 32.3 Å². The number of hydrogen-bond donors (Lipinski definition) is 3. The fourth-order valence-corrected chi connectivity index (χ4v) is 4.15. The Hall–Kier alpha value is -2.20. The van der Waals surface area contributed by atoms with Crippen molar-refractivity contribution in [3.8, 4) is 0 Å². The van der Waals surface area contributed by atoms with Gasteiger partial charge < -0.3 is 15.3 Å². The first-order chi connectivity index (χ1) is 11.1. The SMILES string of the molecule is O[C@@H]1C[C@@H](O)[C@H](O)c2cc3ccc4cccc5ccc(c21)c3c45. The van der Waals surface area contributed by atoms with E-state index in [1.54, 1.807) is 0 Å². The van der Waals surface area contributed by atoms with Gasteiger partial charge in [0.2, 0.25) is 0 Å². The van der Waals surface area contributed by atoms with Crippen molar-refractivity contribution in [3.05, 3.63) is 59.7 Å². The topological polar surface area (TPSA) is 60.7 Å². The number of hydrogen-bond acceptors (Lipinski definition) is 3. The molecule has 3 atom stereocenters. The molecule has 4 aromatic carbocycles. The summed E-state index contributed by atoms with van der Waals surface area (Å²) in [5.74, 6) is 0. The van der Waals surface area contributed by atoms with E-state index in [0.717, 1.165) is 21.7 Å². The van der Waals surface area contributed by atoms with E-state index in [9.17, 15) is 15.3 Å². The molecule has 3 nitrogen and oxygen atoms in total. The highest BCUT2D eigenvalue weighted by molar-refractivity contribution is 6.23. The molecular formula is C20H16O3. The highest BCUT2D eigenvalue weighted by Crippen LogP contribution is 2.45. The quantitative estimate of drug-likeness (QED) is 0.436. The highest BCUT2D eigenvalue weighted by atomic mass is 16.3. The Bertz CT molecular complexity index is 1040. The maximum Gasteiger partial charge on any atom is 0.105 e. The van der Waals surface area contributed by atoms with E-state index in [1.807, 2.05) is 24.3 Å². The van der Waals surface area contributed by atoms with Gasteiger partial charge in [-0.05, 0) is 49.5 Å². The number of aliphatic hydroxyl groups excluding tert-OH is 3. The van der Waals surface area contributed by atoms with Crippen LogP contribution in [-0.4, -0.2) is 21.4 Å². The van der Waals surface area contributed by atoms with E-state index >= 15 is 0 Å². The zero-order valence-electron chi connectivity index (χ0n) is 12.4. The zero-order chi connectivity index (χ0) is 15.7. The van der Waals surface area contributed by atoms with Gasteiger partial charge in [-0.1, -0.05) is 42.5 Å². The van der Waals surface area contributed by atoms with Gasteiger partial charge in [0.25, 0.3) is 0 Å². The van der Waals surface area contributed by atoms with Crippen LogP contribution in [0, 0.1) is 0 Å². The van der Waals surface area contributed by atoms with Crippen molar-refractivity contribution < 1.29 is 15.3 Å². The van der Waals surface area contributed by atoms with Crippen LogP contribution in [0.1, 0.15) is 29.8 Å². The van der Waals surface area contributed by atoms with E-state index < -0.39 is 18.3 Å². The summed E-state index contributed by atoms with van der Waals surface area (Å²) in [7, 11) is 0. The van der Waals surface area contributed by atoms with Gasteiger partial charge >= 0.3 is 0 Å². The predicted octanol–water partition coefficient (Wildman–Crippen LogP) is 3.42. The lowest BCUT2D eigenvalue weighted by atomic mass is 9.80. The summed E-state index contributed by atoms with van der Waals surface area (Å²) in [6.45, 7) is 0. The molecule has 0 bridgehead atoms. The Morgan fingerprint density at radius 2 is 1.48 bits per heavy atom. The molecule has 0 saturated heterocycles. The fraction of sp³-hybridized carbons (Fsp3) is 0.200. The van der Waals surface area contributed by atoms with Crippen molar-refractivity contribution >= 4 is 32.3 Å². The van der Waals surface area contributed by atoms with Gasteiger partial charge in [0.1, 0.15) is 6.10 Å². The lowest BCUT2D eigenvalue weighted by Crippen LogP contribution is -2.28. The molecule has 4 aromatic rings. The number of benzene rings is 4. The molecule has 0 aromatic heterocycles. The van der Waals surface area contributed by atoms with Gasteiger partial charge in [0.05, 0.1) is 12.2 Å². The average molecular weight is 304 g/mol. The first-order valence-corrected chi connectivity index (χ1v) is 7.89. The van der Waals surface area contributed by atoms with Crippen LogP contribution < -0.4 is 0 Å². The van der Waals surface area contributed by atoms with Crippen LogP contribution >= 0.6 is 0 Å². The zero-order valence-corrected chi connectivity index (χ0v) is 12.4. The fourth-order valence-electron chi connectivity index (χ4n) is 4.15. The maximum absolute atomic E-state index is 10.5. The molecule has 0 unspecified atom stereocenters. The van der Waals surface area contributed by atoms with Crippen molar-refractivity contribution in [1.82, 2.24) is 0 Å². The van der Waals surface area contributed by atoms with E-state index in [1.165, 1.54) is 16.2 Å². The average Bonchev–Trinajstić information content (AvgIpc) is 2.57. The first kappa shape index (κ1) is 13.3. The predicted molar refractivity (Wildman–Crippen MR) is 90.7 cm³/mol. The highest BCUT2D eigenvalue weighted by Gasteiger charge is 2.33. The minimum Gasteiger partial charge on any atom is -0.390 e. The van der Waals surface area contributed by atoms with Crippen molar-refractivity contribution in [2.45, 2.75) is 24.7 Å². The third kappa shape index (κ3) is 1.64. The lowest BCUT2D eigenvalue weighted by Gasteiger charge is -2.32. The number of aliphatic hydroxyl groups is 3. The minimum atomic E-state index is -0.949. The molecule has 0 heterocycles. The minimum absolute atomic E-state index is 0.165. The Balaban J connectivity index is 2.02. The second-order valence-electron chi connectivity index (χ2n) is 6.50. The molecule has 1 aliphatic rings. The van der Waals surface area contributed by atoms with Crippen LogP contribution in [0.2, 0.25) is 0 Å². The van der Waals surface area contributed by atoms with Crippen LogP contribution in [0.3, 0.4) is 0 Å². The summed E-state index contributed by atoms with van der Waals surface area (Å²) in [6, 6.07) is 16.4. The number of rotatable bonds is 0. The second kappa shape index (κ2) is 4.42. The van der Waals surface area contributed by atoms with Gasteiger partial charge in [-0.2, -0.15) is 0 Å². The Kier molecular flexibility index (Phi) is 2.55. The van der Waals surface area contributed by atoms with Crippen molar-refractivity contribution in [1.29, 1.82) is 0 Å². The van der Waals surface area contributed by atoms with Crippen molar-refractivity contribution in [3.63, 3.8) is 0 Å².